The average Bonchev–Trinajstić information content (AvgIpc) is 2.77. The molecule has 0 heterocycles. The second-order valence-corrected chi connectivity index (χ2v) is 4.45. The molecule has 2 heteroatoms. The van der Waals surface area contributed by atoms with Crippen LogP contribution >= 0.6 is 0 Å². The SMILES string of the molecule is Cc1c(N)cccc1NCCC1=CCCC1. The standard InChI is InChI=1S/C14H20N2/c1-11-13(15)7-4-8-14(11)16-10-9-12-5-2-3-6-12/h4-5,7-8,16H,2-3,6,9-10,15H2,1H3. The molecule has 86 valence electrons. The first-order chi connectivity index (χ1) is 7.77. The Morgan fingerprint density at radius 2 is 2.25 bits per heavy atom. The Labute approximate surface area is 97.5 Å². The highest BCUT2D eigenvalue weighted by Crippen LogP contribution is 2.23. The minimum absolute atomic E-state index is 0.866. The van der Waals surface area contributed by atoms with Gasteiger partial charge in [0.05, 0.1) is 0 Å². The molecule has 0 bridgehead atoms. The van der Waals surface area contributed by atoms with Gasteiger partial charge in [0.25, 0.3) is 0 Å². The zero-order valence-electron chi connectivity index (χ0n) is 9.92. The van der Waals surface area contributed by atoms with Crippen LogP contribution in [0, 0.1) is 6.92 Å². The van der Waals surface area contributed by atoms with Crippen LogP contribution in [-0.4, -0.2) is 6.54 Å². The van der Waals surface area contributed by atoms with Crippen LogP contribution in [0.5, 0.6) is 0 Å². The van der Waals surface area contributed by atoms with E-state index in [0.29, 0.717) is 0 Å². The molecule has 0 atom stereocenters. The van der Waals surface area contributed by atoms with Crippen molar-refractivity contribution < 1.29 is 0 Å². The maximum atomic E-state index is 5.86. The van der Waals surface area contributed by atoms with Crippen LogP contribution < -0.4 is 11.1 Å². The van der Waals surface area contributed by atoms with E-state index >= 15 is 0 Å². The average molecular weight is 216 g/mol. The van der Waals surface area contributed by atoms with E-state index in [-0.39, 0.29) is 0 Å². The molecule has 0 aromatic heterocycles. The van der Waals surface area contributed by atoms with E-state index in [9.17, 15) is 0 Å². The van der Waals surface area contributed by atoms with E-state index in [1.54, 1.807) is 5.57 Å². The summed E-state index contributed by atoms with van der Waals surface area (Å²) in [6, 6.07) is 6.04. The molecular formula is C14H20N2. The number of nitrogens with two attached hydrogens (primary N) is 1. The molecule has 1 aliphatic carbocycles. The Balaban J connectivity index is 1.87. The largest absolute Gasteiger partial charge is 0.398 e. The number of allylic oxidation sites excluding steroid dienone is 1. The van der Waals surface area contributed by atoms with E-state index in [0.717, 1.165) is 24.2 Å². The number of nitrogen functional groups attached to an aromatic ring is 1. The molecule has 0 spiro atoms. The van der Waals surface area contributed by atoms with Crippen molar-refractivity contribution in [3.05, 3.63) is 35.4 Å². The summed E-state index contributed by atoms with van der Waals surface area (Å²) < 4.78 is 0. The quantitative estimate of drug-likeness (QED) is 0.597. The van der Waals surface area contributed by atoms with Gasteiger partial charge < -0.3 is 11.1 Å². The van der Waals surface area contributed by atoms with Gasteiger partial charge in [-0.2, -0.15) is 0 Å². The number of benzene rings is 1. The van der Waals surface area contributed by atoms with Gasteiger partial charge in [0.1, 0.15) is 0 Å². The molecule has 1 aromatic rings. The molecule has 2 rings (SSSR count). The van der Waals surface area contributed by atoms with Crippen LogP contribution in [0.15, 0.2) is 29.8 Å². The summed E-state index contributed by atoms with van der Waals surface area (Å²) in [6.45, 7) is 3.07. The van der Waals surface area contributed by atoms with Crippen molar-refractivity contribution in [2.45, 2.75) is 32.6 Å². The number of hydrogen-bond acceptors (Lipinski definition) is 2. The molecule has 16 heavy (non-hydrogen) atoms. The minimum atomic E-state index is 0.866. The predicted octanol–water partition coefficient (Wildman–Crippen LogP) is 3.49. The van der Waals surface area contributed by atoms with Crippen LogP contribution in [0.3, 0.4) is 0 Å². The fourth-order valence-corrected chi connectivity index (χ4v) is 2.17. The van der Waals surface area contributed by atoms with Gasteiger partial charge >= 0.3 is 0 Å². The van der Waals surface area contributed by atoms with E-state index in [1.807, 2.05) is 12.1 Å². The van der Waals surface area contributed by atoms with Crippen molar-refractivity contribution >= 4 is 11.4 Å². The summed E-state index contributed by atoms with van der Waals surface area (Å²) in [5, 5.41) is 3.46. The van der Waals surface area contributed by atoms with Crippen LogP contribution in [0.25, 0.3) is 0 Å². The van der Waals surface area contributed by atoms with Crippen molar-refractivity contribution in [1.29, 1.82) is 0 Å². The molecule has 0 amide bonds. The summed E-state index contributed by atoms with van der Waals surface area (Å²) in [4.78, 5) is 0. The highest BCUT2D eigenvalue weighted by atomic mass is 14.9. The van der Waals surface area contributed by atoms with Gasteiger partial charge in [-0.1, -0.05) is 17.7 Å². The van der Waals surface area contributed by atoms with Gasteiger partial charge in [-0.15, -0.1) is 0 Å². The Kier molecular flexibility index (Phi) is 3.50. The van der Waals surface area contributed by atoms with Gasteiger partial charge in [0.2, 0.25) is 0 Å². The Morgan fingerprint density at radius 3 is 3.00 bits per heavy atom. The van der Waals surface area contributed by atoms with Gasteiger partial charge in [-0.25, -0.2) is 0 Å². The van der Waals surface area contributed by atoms with Gasteiger partial charge in [-0.05, 0) is 50.3 Å². The lowest BCUT2D eigenvalue weighted by Gasteiger charge is -2.11. The number of nitrogens with one attached hydrogen (secondary N) is 1. The highest BCUT2D eigenvalue weighted by Gasteiger charge is 2.04. The third kappa shape index (κ3) is 2.57. The summed E-state index contributed by atoms with van der Waals surface area (Å²) in [5.41, 5.74) is 10.7. The first-order valence-electron chi connectivity index (χ1n) is 6.04. The van der Waals surface area contributed by atoms with E-state index in [4.69, 9.17) is 5.73 Å². The zero-order valence-corrected chi connectivity index (χ0v) is 9.92. The van der Waals surface area contributed by atoms with E-state index < -0.39 is 0 Å². The molecule has 3 N–H and O–H groups in total. The molecule has 0 radical (unpaired) electrons. The maximum absolute atomic E-state index is 5.86. The monoisotopic (exact) mass is 216 g/mol. The lowest BCUT2D eigenvalue weighted by Crippen LogP contribution is -2.04. The van der Waals surface area contributed by atoms with Crippen LogP contribution in [-0.2, 0) is 0 Å². The second kappa shape index (κ2) is 5.06. The van der Waals surface area contributed by atoms with Gasteiger partial charge in [-0.3, -0.25) is 0 Å². The molecule has 0 unspecified atom stereocenters. The normalized spacial score (nSPS) is 14.9. The van der Waals surface area contributed by atoms with Crippen molar-refractivity contribution in [2.24, 2.45) is 0 Å². The Morgan fingerprint density at radius 1 is 1.38 bits per heavy atom. The topological polar surface area (TPSA) is 38.0 Å². The van der Waals surface area contributed by atoms with Gasteiger partial charge in [0, 0.05) is 17.9 Å². The first-order valence-corrected chi connectivity index (χ1v) is 6.04. The third-order valence-corrected chi connectivity index (χ3v) is 3.27. The lowest BCUT2D eigenvalue weighted by molar-refractivity contribution is 0.863. The molecule has 1 aliphatic rings. The zero-order chi connectivity index (χ0) is 11.4. The van der Waals surface area contributed by atoms with Crippen molar-refractivity contribution in [3.8, 4) is 0 Å². The number of rotatable bonds is 4. The van der Waals surface area contributed by atoms with Crippen LogP contribution in [0.2, 0.25) is 0 Å². The molecule has 0 aliphatic heterocycles. The molecular weight excluding hydrogens is 196 g/mol. The van der Waals surface area contributed by atoms with E-state index in [2.05, 4.69) is 24.4 Å². The second-order valence-electron chi connectivity index (χ2n) is 4.45. The first kappa shape index (κ1) is 11.1. The smallest absolute Gasteiger partial charge is 0.0390 e. The van der Waals surface area contributed by atoms with E-state index in [1.165, 1.54) is 24.9 Å². The summed E-state index contributed by atoms with van der Waals surface area (Å²) in [6.07, 6.45) is 7.44. The molecule has 1 aromatic carbocycles. The fraction of sp³-hybridized carbons (Fsp3) is 0.429. The third-order valence-electron chi connectivity index (χ3n) is 3.27. The van der Waals surface area contributed by atoms with Crippen LogP contribution in [0.1, 0.15) is 31.2 Å². The highest BCUT2D eigenvalue weighted by molar-refractivity contribution is 5.62. The summed E-state index contributed by atoms with van der Waals surface area (Å²) in [7, 11) is 0. The van der Waals surface area contributed by atoms with Gasteiger partial charge in [0.15, 0.2) is 0 Å². The Hall–Kier alpha value is -1.44. The van der Waals surface area contributed by atoms with Crippen LogP contribution in [0.4, 0.5) is 11.4 Å². The molecule has 0 saturated heterocycles. The maximum Gasteiger partial charge on any atom is 0.0390 e. The summed E-state index contributed by atoms with van der Waals surface area (Å²) >= 11 is 0. The van der Waals surface area contributed by atoms with Crippen molar-refractivity contribution in [2.75, 3.05) is 17.6 Å². The lowest BCUT2D eigenvalue weighted by atomic mass is 10.1. The molecule has 0 saturated carbocycles. The minimum Gasteiger partial charge on any atom is -0.398 e. The molecule has 0 fully saturated rings. The summed E-state index contributed by atoms with van der Waals surface area (Å²) in [5.74, 6) is 0. The number of anilines is 2. The van der Waals surface area contributed by atoms with Crippen molar-refractivity contribution in [3.63, 3.8) is 0 Å². The number of hydrogen-bond donors (Lipinski definition) is 2. The van der Waals surface area contributed by atoms with Crippen molar-refractivity contribution in [1.82, 2.24) is 0 Å². The fourth-order valence-electron chi connectivity index (χ4n) is 2.17. The Bertz CT molecular complexity index is 394. The molecule has 2 nitrogen and oxygen atoms in total. The predicted molar refractivity (Wildman–Crippen MR) is 70.6 cm³/mol.